The number of ether oxygens (including phenoxy) is 1. The van der Waals surface area contributed by atoms with Gasteiger partial charge >= 0.3 is 12.0 Å². The number of hydrogen-bond acceptors (Lipinski definition) is 9. The molecule has 0 aromatic carbocycles. The second-order valence-electron chi connectivity index (χ2n) is 9.02. The normalized spacial score (nSPS) is 13.4. The van der Waals surface area contributed by atoms with Gasteiger partial charge in [0, 0.05) is 25.0 Å². The number of carbonyl (C=O) groups is 3. The van der Waals surface area contributed by atoms with Crippen LogP contribution in [0.3, 0.4) is 0 Å². The van der Waals surface area contributed by atoms with Crippen LogP contribution in [0.2, 0.25) is 0 Å². The zero-order valence-electron chi connectivity index (χ0n) is 21.2. The Morgan fingerprint density at radius 1 is 1.00 bits per heavy atom. The number of urea groups is 1. The first-order chi connectivity index (χ1) is 18.4. The van der Waals surface area contributed by atoms with Crippen LogP contribution in [-0.2, 0) is 9.53 Å². The molecular formula is C26H30N8O4. The maximum Gasteiger partial charge on any atom is 0.320 e. The zero-order valence-corrected chi connectivity index (χ0v) is 21.2. The second kappa shape index (κ2) is 12.0. The summed E-state index contributed by atoms with van der Waals surface area (Å²) in [6, 6.07) is 8.05. The fraction of sp³-hybridized carbons (Fsp3) is 0.308. The number of esters is 1. The molecule has 4 rings (SSSR count). The number of amides is 3. The molecule has 0 unspecified atom stereocenters. The van der Waals surface area contributed by atoms with Crippen LogP contribution in [0.4, 0.5) is 33.5 Å². The molecule has 0 spiro atoms. The van der Waals surface area contributed by atoms with Crippen LogP contribution in [0.25, 0.3) is 0 Å². The fourth-order valence-corrected chi connectivity index (χ4v) is 3.75. The summed E-state index contributed by atoms with van der Waals surface area (Å²) in [5.74, 6) is 0.120. The molecule has 1 aliphatic carbocycles. The molecule has 1 saturated carbocycles. The highest BCUT2D eigenvalue weighted by atomic mass is 16.5. The predicted octanol–water partition coefficient (Wildman–Crippen LogP) is 4.11. The molecule has 3 amide bonds. The Hall–Kier alpha value is -4.74. The summed E-state index contributed by atoms with van der Waals surface area (Å²) in [6.07, 6.45) is 8.84. The van der Waals surface area contributed by atoms with E-state index in [0.717, 1.165) is 19.3 Å². The molecule has 38 heavy (non-hydrogen) atoms. The highest BCUT2D eigenvalue weighted by Crippen LogP contribution is 2.41. The Labute approximate surface area is 220 Å². The van der Waals surface area contributed by atoms with Gasteiger partial charge in [-0.2, -0.15) is 0 Å². The van der Waals surface area contributed by atoms with Gasteiger partial charge in [0.15, 0.2) is 6.73 Å². The summed E-state index contributed by atoms with van der Waals surface area (Å²) in [4.78, 5) is 49.7. The molecule has 0 atom stereocenters. The van der Waals surface area contributed by atoms with E-state index in [1.54, 1.807) is 49.6 Å². The molecular weight excluding hydrogens is 488 g/mol. The summed E-state index contributed by atoms with van der Waals surface area (Å²) in [6.45, 7) is 4.19. The van der Waals surface area contributed by atoms with Crippen LogP contribution in [0, 0.1) is 5.41 Å². The largest absolute Gasteiger partial charge is 0.444 e. The lowest BCUT2D eigenvalue weighted by atomic mass is 9.70. The standard InChI is InChI=1S/C26H30N8O4/c1-3-28-25(37)34-22-12-20(32-17-6-4-11-27-13-17)19(15-30-22)23(35)33-18-7-8-21(29-14-18)31-16-38-24(36)26(2)9-5-10-26/h4,6-8,11-15H,3,5,9-10,16H2,1-2H3,(H,29,31)(H,33,35)(H3,28,30,32,34,37). The van der Waals surface area contributed by atoms with E-state index >= 15 is 0 Å². The minimum absolute atomic E-state index is 0.0127. The van der Waals surface area contributed by atoms with Gasteiger partial charge in [0.2, 0.25) is 0 Å². The van der Waals surface area contributed by atoms with Crippen molar-refractivity contribution in [2.75, 3.05) is 34.5 Å². The minimum Gasteiger partial charge on any atom is -0.444 e. The molecule has 3 aromatic rings. The summed E-state index contributed by atoms with van der Waals surface area (Å²) in [7, 11) is 0. The van der Waals surface area contributed by atoms with Crippen molar-refractivity contribution in [3.63, 3.8) is 0 Å². The molecule has 0 bridgehead atoms. The molecule has 3 aromatic heterocycles. The van der Waals surface area contributed by atoms with Crippen molar-refractivity contribution in [2.24, 2.45) is 5.41 Å². The third-order valence-electron chi connectivity index (χ3n) is 6.10. The Morgan fingerprint density at radius 2 is 1.82 bits per heavy atom. The van der Waals surface area contributed by atoms with Gasteiger partial charge in [-0.05, 0) is 51.0 Å². The number of hydrogen-bond donors (Lipinski definition) is 5. The lowest BCUT2D eigenvalue weighted by Crippen LogP contribution is -2.37. The molecule has 1 fully saturated rings. The van der Waals surface area contributed by atoms with Crippen molar-refractivity contribution >= 4 is 46.6 Å². The quantitative estimate of drug-likeness (QED) is 0.197. The van der Waals surface area contributed by atoms with E-state index in [1.165, 1.54) is 12.4 Å². The summed E-state index contributed by atoms with van der Waals surface area (Å²) in [5.41, 5.74) is 1.40. The van der Waals surface area contributed by atoms with E-state index in [2.05, 4.69) is 41.5 Å². The Bertz CT molecular complexity index is 1280. The number of aromatic nitrogens is 3. The lowest BCUT2D eigenvalue weighted by molar-refractivity contribution is -0.159. The van der Waals surface area contributed by atoms with Crippen LogP contribution in [0.5, 0.6) is 0 Å². The van der Waals surface area contributed by atoms with Crippen LogP contribution in [0.1, 0.15) is 43.5 Å². The molecule has 0 radical (unpaired) electrons. The molecule has 1 aliphatic rings. The number of rotatable bonds is 10. The smallest absolute Gasteiger partial charge is 0.320 e. The summed E-state index contributed by atoms with van der Waals surface area (Å²) in [5, 5.41) is 14.1. The van der Waals surface area contributed by atoms with E-state index < -0.39 is 11.9 Å². The van der Waals surface area contributed by atoms with Gasteiger partial charge in [-0.15, -0.1) is 0 Å². The number of pyridine rings is 3. The van der Waals surface area contributed by atoms with Gasteiger partial charge in [0.25, 0.3) is 5.91 Å². The molecule has 3 heterocycles. The van der Waals surface area contributed by atoms with Gasteiger partial charge in [-0.25, -0.2) is 14.8 Å². The average molecular weight is 519 g/mol. The Balaban J connectivity index is 1.40. The van der Waals surface area contributed by atoms with Gasteiger partial charge in [0.1, 0.15) is 11.6 Å². The molecule has 5 N–H and O–H groups in total. The maximum absolute atomic E-state index is 13.1. The van der Waals surface area contributed by atoms with Gasteiger partial charge in [-0.3, -0.25) is 19.9 Å². The molecule has 12 heteroatoms. The minimum atomic E-state index is -0.432. The summed E-state index contributed by atoms with van der Waals surface area (Å²) >= 11 is 0. The first-order valence-corrected chi connectivity index (χ1v) is 12.3. The SMILES string of the molecule is CCNC(=O)Nc1cc(Nc2cccnc2)c(C(=O)Nc2ccc(NCOC(=O)C3(C)CCC3)nc2)cn1. The number of nitrogens with one attached hydrogen (secondary N) is 5. The molecule has 0 saturated heterocycles. The predicted molar refractivity (Wildman–Crippen MR) is 143 cm³/mol. The summed E-state index contributed by atoms with van der Waals surface area (Å²) < 4.78 is 5.31. The average Bonchev–Trinajstić information content (AvgIpc) is 2.89. The van der Waals surface area contributed by atoms with Crippen LogP contribution in [-0.4, -0.2) is 46.1 Å². The van der Waals surface area contributed by atoms with Crippen LogP contribution < -0.4 is 26.6 Å². The second-order valence-corrected chi connectivity index (χ2v) is 9.02. The van der Waals surface area contributed by atoms with Crippen LogP contribution in [0.15, 0.2) is 55.1 Å². The van der Waals surface area contributed by atoms with Gasteiger partial charge in [-0.1, -0.05) is 6.42 Å². The van der Waals surface area contributed by atoms with Gasteiger partial charge in [0.05, 0.1) is 40.4 Å². The van der Waals surface area contributed by atoms with Crippen molar-refractivity contribution in [3.05, 3.63) is 60.7 Å². The number of nitrogens with zero attached hydrogens (tertiary/aromatic N) is 3. The van der Waals surface area contributed by atoms with Crippen molar-refractivity contribution in [1.29, 1.82) is 0 Å². The van der Waals surface area contributed by atoms with E-state index in [4.69, 9.17) is 4.74 Å². The van der Waals surface area contributed by atoms with E-state index in [0.29, 0.717) is 29.4 Å². The van der Waals surface area contributed by atoms with E-state index in [-0.39, 0.29) is 29.5 Å². The van der Waals surface area contributed by atoms with E-state index in [1.807, 2.05) is 6.92 Å². The molecule has 198 valence electrons. The number of carbonyl (C=O) groups excluding carboxylic acids is 3. The highest BCUT2D eigenvalue weighted by Gasteiger charge is 2.40. The van der Waals surface area contributed by atoms with Crippen molar-refractivity contribution in [2.45, 2.75) is 33.1 Å². The van der Waals surface area contributed by atoms with Crippen molar-refractivity contribution in [3.8, 4) is 0 Å². The molecule has 12 nitrogen and oxygen atoms in total. The zero-order chi connectivity index (χ0) is 27.0. The lowest BCUT2D eigenvalue weighted by Gasteiger charge is -2.35. The third-order valence-corrected chi connectivity index (χ3v) is 6.10. The first-order valence-electron chi connectivity index (χ1n) is 12.3. The number of anilines is 5. The topological polar surface area (TPSA) is 159 Å². The Kier molecular flexibility index (Phi) is 8.31. The molecule has 0 aliphatic heterocycles. The first kappa shape index (κ1) is 26.3. The van der Waals surface area contributed by atoms with Crippen LogP contribution >= 0.6 is 0 Å². The Morgan fingerprint density at radius 3 is 2.47 bits per heavy atom. The van der Waals surface area contributed by atoms with Gasteiger partial charge < -0.3 is 26.0 Å². The fourth-order valence-electron chi connectivity index (χ4n) is 3.75. The maximum atomic E-state index is 13.1. The van der Waals surface area contributed by atoms with E-state index in [9.17, 15) is 14.4 Å². The monoisotopic (exact) mass is 518 g/mol. The van der Waals surface area contributed by atoms with Crippen molar-refractivity contribution < 1.29 is 19.1 Å². The highest BCUT2D eigenvalue weighted by molar-refractivity contribution is 6.08. The van der Waals surface area contributed by atoms with Crippen molar-refractivity contribution in [1.82, 2.24) is 20.3 Å². The third kappa shape index (κ3) is 6.72.